The fourth-order valence-corrected chi connectivity index (χ4v) is 1.88. The van der Waals surface area contributed by atoms with Gasteiger partial charge in [-0.15, -0.1) is 0 Å². The molecular formula is C13H9N3O2. The number of pyridine rings is 1. The van der Waals surface area contributed by atoms with Crippen molar-refractivity contribution in [3.05, 3.63) is 65.2 Å². The topological polar surface area (TPSA) is 62.0 Å². The Bertz CT molecular complexity index is 766. The second kappa shape index (κ2) is 3.96. The lowest BCUT2D eigenvalue weighted by molar-refractivity contribution is -0.594. The van der Waals surface area contributed by atoms with Gasteiger partial charge in [0.05, 0.1) is 6.20 Å². The zero-order chi connectivity index (χ0) is 12.5. The quantitative estimate of drug-likeness (QED) is 0.563. The van der Waals surface area contributed by atoms with Gasteiger partial charge in [0.25, 0.3) is 0 Å². The SMILES string of the molecule is O=c1nc([O-])[n+]2ccccc2n1-c1ccccc1. The van der Waals surface area contributed by atoms with Crippen molar-refractivity contribution >= 4 is 5.65 Å². The Morgan fingerprint density at radius 1 is 1.06 bits per heavy atom. The summed E-state index contributed by atoms with van der Waals surface area (Å²) in [5.41, 5.74) is 0.602. The lowest BCUT2D eigenvalue weighted by Gasteiger charge is -2.07. The highest BCUT2D eigenvalue weighted by atomic mass is 16.3. The second-order valence-corrected chi connectivity index (χ2v) is 3.78. The zero-order valence-corrected chi connectivity index (χ0v) is 9.35. The van der Waals surface area contributed by atoms with Crippen molar-refractivity contribution in [2.75, 3.05) is 0 Å². The van der Waals surface area contributed by atoms with Crippen LogP contribution < -0.4 is 15.2 Å². The largest absolute Gasteiger partial charge is 0.820 e. The summed E-state index contributed by atoms with van der Waals surface area (Å²) < 4.78 is 2.75. The molecule has 18 heavy (non-hydrogen) atoms. The molecule has 0 saturated carbocycles. The van der Waals surface area contributed by atoms with Gasteiger partial charge in [-0.2, -0.15) is 4.57 Å². The number of benzene rings is 1. The van der Waals surface area contributed by atoms with Crippen molar-refractivity contribution in [2.24, 2.45) is 0 Å². The molecule has 0 unspecified atom stereocenters. The third-order valence-corrected chi connectivity index (χ3v) is 2.67. The van der Waals surface area contributed by atoms with Crippen molar-refractivity contribution in [1.29, 1.82) is 0 Å². The van der Waals surface area contributed by atoms with Gasteiger partial charge in [-0.3, -0.25) is 0 Å². The third-order valence-electron chi connectivity index (χ3n) is 2.67. The molecule has 0 N–H and O–H groups in total. The van der Waals surface area contributed by atoms with Crippen LogP contribution in [0.1, 0.15) is 0 Å². The maximum absolute atomic E-state index is 11.9. The fraction of sp³-hybridized carbons (Fsp3) is 0. The predicted molar refractivity (Wildman–Crippen MR) is 62.4 cm³/mol. The summed E-state index contributed by atoms with van der Waals surface area (Å²) in [6, 6.07) is 13.7. The van der Waals surface area contributed by atoms with Gasteiger partial charge in [-0.05, 0) is 23.2 Å². The monoisotopic (exact) mass is 239 g/mol. The molecule has 2 aromatic heterocycles. The predicted octanol–water partition coefficient (Wildman–Crippen LogP) is 0.0448. The van der Waals surface area contributed by atoms with Crippen LogP contribution in [0.5, 0.6) is 6.01 Å². The van der Waals surface area contributed by atoms with Crippen molar-refractivity contribution in [2.45, 2.75) is 0 Å². The first-order valence-electron chi connectivity index (χ1n) is 5.43. The molecule has 0 fully saturated rings. The Morgan fingerprint density at radius 2 is 1.78 bits per heavy atom. The molecule has 0 bridgehead atoms. The highest BCUT2D eigenvalue weighted by molar-refractivity contribution is 5.42. The first-order chi connectivity index (χ1) is 8.77. The van der Waals surface area contributed by atoms with Gasteiger partial charge in [0, 0.05) is 6.07 Å². The summed E-state index contributed by atoms with van der Waals surface area (Å²) in [6.07, 6.45) is 1.59. The van der Waals surface area contributed by atoms with Crippen LogP contribution in [-0.4, -0.2) is 9.55 Å². The maximum Gasteiger partial charge on any atom is 0.484 e. The van der Waals surface area contributed by atoms with Crippen LogP contribution in [0, 0.1) is 0 Å². The van der Waals surface area contributed by atoms with Crippen LogP contribution in [0.25, 0.3) is 11.3 Å². The number of para-hydroxylation sites is 1. The zero-order valence-electron chi connectivity index (χ0n) is 9.35. The molecule has 1 aromatic carbocycles. The van der Waals surface area contributed by atoms with Gasteiger partial charge >= 0.3 is 5.69 Å². The molecule has 5 nitrogen and oxygen atoms in total. The minimum Gasteiger partial charge on any atom is -0.820 e. The minimum atomic E-state index is -0.572. The Kier molecular flexibility index (Phi) is 2.30. The van der Waals surface area contributed by atoms with E-state index in [2.05, 4.69) is 4.98 Å². The molecule has 0 amide bonds. The number of fused-ring (bicyclic) bond motifs is 1. The Labute approximate surface area is 102 Å². The smallest absolute Gasteiger partial charge is 0.484 e. The highest BCUT2D eigenvalue weighted by Gasteiger charge is 2.14. The lowest BCUT2D eigenvalue weighted by atomic mass is 10.3. The van der Waals surface area contributed by atoms with E-state index in [1.165, 1.54) is 8.97 Å². The molecular weight excluding hydrogens is 230 g/mol. The van der Waals surface area contributed by atoms with Crippen LogP contribution in [0.2, 0.25) is 0 Å². The molecule has 0 atom stereocenters. The second-order valence-electron chi connectivity index (χ2n) is 3.78. The molecule has 5 heteroatoms. The molecule has 88 valence electrons. The third kappa shape index (κ3) is 1.53. The summed E-state index contributed by atoms with van der Waals surface area (Å²) in [5, 5.41) is 11.6. The van der Waals surface area contributed by atoms with E-state index in [0.717, 1.165) is 0 Å². The molecule has 2 heterocycles. The summed E-state index contributed by atoms with van der Waals surface area (Å²) in [4.78, 5) is 15.4. The van der Waals surface area contributed by atoms with E-state index in [-0.39, 0.29) is 0 Å². The molecule has 0 aliphatic carbocycles. The molecule has 3 aromatic rings. The van der Waals surface area contributed by atoms with Crippen molar-refractivity contribution in [3.63, 3.8) is 0 Å². The van der Waals surface area contributed by atoms with Crippen LogP contribution >= 0.6 is 0 Å². The van der Waals surface area contributed by atoms with E-state index >= 15 is 0 Å². The van der Waals surface area contributed by atoms with E-state index in [4.69, 9.17) is 0 Å². The van der Waals surface area contributed by atoms with E-state index in [9.17, 15) is 9.90 Å². The summed E-state index contributed by atoms with van der Waals surface area (Å²) in [5.74, 6) is 0. The molecule has 0 aliphatic heterocycles. The van der Waals surface area contributed by atoms with Gasteiger partial charge in [0.2, 0.25) is 11.7 Å². The lowest BCUT2D eigenvalue weighted by Crippen LogP contribution is -2.38. The van der Waals surface area contributed by atoms with E-state index in [0.29, 0.717) is 11.3 Å². The van der Waals surface area contributed by atoms with Crippen LogP contribution in [0.3, 0.4) is 0 Å². The number of rotatable bonds is 1. The average Bonchev–Trinajstić information content (AvgIpc) is 2.40. The molecule has 0 radical (unpaired) electrons. The first-order valence-corrected chi connectivity index (χ1v) is 5.43. The normalized spacial score (nSPS) is 10.7. The minimum absolute atomic E-state index is 0.494. The first kappa shape index (κ1) is 10.5. The van der Waals surface area contributed by atoms with Crippen molar-refractivity contribution in [3.8, 4) is 11.7 Å². The number of hydrogen-bond acceptors (Lipinski definition) is 3. The average molecular weight is 239 g/mol. The highest BCUT2D eigenvalue weighted by Crippen LogP contribution is 2.07. The summed E-state index contributed by atoms with van der Waals surface area (Å²) in [6.45, 7) is 0. The van der Waals surface area contributed by atoms with Crippen LogP contribution in [0.15, 0.2) is 59.5 Å². The van der Waals surface area contributed by atoms with E-state index < -0.39 is 11.7 Å². The van der Waals surface area contributed by atoms with Gasteiger partial charge in [-0.1, -0.05) is 24.3 Å². The van der Waals surface area contributed by atoms with Crippen LogP contribution in [0.4, 0.5) is 0 Å². The Morgan fingerprint density at radius 3 is 2.56 bits per heavy atom. The van der Waals surface area contributed by atoms with E-state index in [1.807, 2.05) is 18.2 Å². The fourth-order valence-electron chi connectivity index (χ4n) is 1.88. The summed E-state index contributed by atoms with van der Waals surface area (Å²) >= 11 is 0. The number of hydrogen-bond donors (Lipinski definition) is 0. The van der Waals surface area contributed by atoms with E-state index in [1.54, 1.807) is 36.5 Å². The molecule has 0 aliphatic rings. The summed E-state index contributed by atoms with van der Waals surface area (Å²) in [7, 11) is 0. The number of aromatic nitrogens is 3. The van der Waals surface area contributed by atoms with Crippen molar-refractivity contribution < 1.29 is 9.51 Å². The Hall–Kier alpha value is -2.69. The van der Waals surface area contributed by atoms with Crippen molar-refractivity contribution in [1.82, 2.24) is 9.55 Å². The molecule has 0 spiro atoms. The molecule has 0 saturated heterocycles. The van der Waals surface area contributed by atoms with Gasteiger partial charge in [-0.25, -0.2) is 9.20 Å². The van der Waals surface area contributed by atoms with Gasteiger partial charge < -0.3 is 5.11 Å². The Balaban J connectivity index is 2.46. The van der Waals surface area contributed by atoms with Gasteiger partial charge in [0.1, 0.15) is 5.69 Å². The van der Waals surface area contributed by atoms with Crippen LogP contribution in [-0.2, 0) is 0 Å². The molecule has 3 rings (SSSR count). The van der Waals surface area contributed by atoms with Gasteiger partial charge in [0.15, 0.2) is 0 Å². The maximum atomic E-state index is 11.9. The number of nitrogens with zero attached hydrogens (tertiary/aromatic N) is 3. The standard InChI is InChI=1S/C13H9N3O2/c17-12-14-13(18)16(10-6-2-1-3-7-10)11-8-4-5-9-15(11)12/h1-9H.